The van der Waals surface area contributed by atoms with Crippen LogP contribution in [0.4, 0.5) is 0 Å². The first kappa shape index (κ1) is 13.5. The second-order valence-electron chi connectivity index (χ2n) is 5.40. The number of hydrogen-bond donors (Lipinski definition) is 2. The molecule has 0 spiro atoms. The van der Waals surface area contributed by atoms with Crippen molar-refractivity contribution >= 4 is 5.97 Å². The van der Waals surface area contributed by atoms with E-state index in [1.54, 1.807) is 0 Å². The van der Waals surface area contributed by atoms with Gasteiger partial charge >= 0.3 is 5.97 Å². The molecule has 0 radical (unpaired) electrons. The van der Waals surface area contributed by atoms with Crippen molar-refractivity contribution in [3.05, 3.63) is 0 Å². The lowest BCUT2D eigenvalue weighted by Gasteiger charge is -2.41. The van der Waals surface area contributed by atoms with Gasteiger partial charge in [-0.2, -0.15) is 0 Å². The van der Waals surface area contributed by atoms with Gasteiger partial charge in [0.25, 0.3) is 0 Å². The Morgan fingerprint density at radius 1 is 1.50 bits per heavy atom. The molecule has 1 aliphatic rings. The summed E-state index contributed by atoms with van der Waals surface area (Å²) >= 11 is 0. The van der Waals surface area contributed by atoms with Crippen LogP contribution < -0.4 is 5.32 Å². The van der Waals surface area contributed by atoms with Crippen LogP contribution in [-0.2, 0) is 4.79 Å². The Kier molecular flexibility index (Phi) is 4.33. The van der Waals surface area contributed by atoms with Crippen molar-refractivity contribution in [2.24, 2.45) is 0 Å². The second-order valence-corrected chi connectivity index (χ2v) is 5.40. The highest BCUT2D eigenvalue weighted by Gasteiger charge is 2.43. The first-order chi connectivity index (χ1) is 7.37. The van der Waals surface area contributed by atoms with Gasteiger partial charge in [0.05, 0.1) is 0 Å². The van der Waals surface area contributed by atoms with E-state index < -0.39 is 11.5 Å². The molecule has 94 valence electrons. The van der Waals surface area contributed by atoms with E-state index in [4.69, 9.17) is 0 Å². The van der Waals surface area contributed by atoms with E-state index in [1.165, 1.54) is 0 Å². The van der Waals surface area contributed by atoms with Gasteiger partial charge < -0.3 is 10.0 Å². The Labute approximate surface area is 98.0 Å². The number of nitrogens with zero attached hydrogens (tertiary/aromatic N) is 1. The highest BCUT2D eigenvalue weighted by atomic mass is 16.4. The average Bonchev–Trinajstić information content (AvgIpc) is 2.16. The van der Waals surface area contributed by atoms with Gasteiger partial charge in [0, 0.05) is 12.1 Å². The van der Waals surface area contributed by atoms with E-state index in [-0.39, 0.29) is 6.04 Å². The minimum Gasteiger partial charge on any atom is -0.480 e. The average molecular weight is 228 g/mol. The summed E-state index contributed by atoms with van der Waals surface area (Å²) < 4.78 is 0. The normalized spacial score (nSPS) is 31.0. The largest absolute Gasteiger partial charge is 0.480 e. The number of hydrogen-bond acceptors (Lipinski definition) is 3. The lowest BCUT2D eigenvalue weighted by atomic mass is 9.78. The molecule has 0 bridgehead atoms. The summed E-state index contributed by atoms with van der Waals surface area (Å²) in [6.45, 7) is 4.01. The standard InChI is InChI=1S/C12H24N2O2/c1-9(2)13-12(11(15)16)7-5-6-10(8-12)14(3)4/h9-10,13H,5-8H2,1-4H3,(H,15,16). The van der Waals surface area contributed by atoms with E-state index in [0.717, 1.165) is 19.3 Å². The van der Waals surface area contributed by atoms with Crippen LogP contribution in [0.15, 0.2) is 0 Å². The number of nitrogens with one attached hydrogen (secondary N) is 1. The Bertz CT molecular complexity index is 253. The monoisotopic (exact) mass is 228 g/mol. The molecule has 16 heavy (non-hydrogen) atoms. The summed E-state index contributed by atoms with van der Waals surface area (Å²) in [6, 6.07) is 0.577. The molecule has 4 heteroatoms. The molecule has 2 unspecified atom stereocenters. The zero-order valence-corrected chi connectivity index (χ0v) is 10.8. The molecule has 0 aromatic carbocycles. The molecular weight excluding hydrogens is 204 g/mol. The Hall–Kier alpha value is -0.610. The fraction of sp³-hybridized carbons (Fsp3) is 0.917. The van der Waals surface area contributed by atoms with E-state index in [1.807, 2.05) is 27.9 Å². The van der Waals surface area contributed by atoms with Crippen LogP contribution in [0.1, 0.15) is 39.5 Å². The quantitative estimate of drug-likeness (QED) is 0.762. The lowest BCUT2D eigenvalue weighted by molar-refractivity contribution is -0.147. The highest BCUT2D eigenvalue weighted by Crippen LogP contribution is 2.31. The molecule has 0 aliphatic heterocycles. The zero-order chi connectivity index (χ0) is 12.3. The Balaban J connectivity index is 2.80. The van der Waals surface area contributed by atoms with Crippen LogP contribution >= 0.6 is 0 Å². The summed E-state index contributed by atoms with van der Waals surface area (Å²) in [6.07, 6.45) is 3.52. The SMILES string of the molecule is CC(C)NC1(C(=O)O)CCCC(N(C)C)C1. The van der Waals surface area contributed by atoms with Gasteiger partial charge in [0.15, 0.2) is 0 Å². The van der Waals surface area contributed by atoms with Crippen molar-refractivity contribution in [3.8, 4) is 0 Å². The fourth-order valence-corrected chi connectivity index (χ4v) is 2.63. The van der Waals surface area contributed by atoms with Crippen LogP contribution in [0, 0.1) is 0 Å². The highest BCUT2D eigenvalue weighted by molar-refractivity contribution is 5.79. The van der Waals surface area contributed by atoms with Gasteiger partial charge in [-0.15, -0.1) is 0 Å². The second kappa shape index (κ2) is 5.15. The van der Waals surface area contributed by atoms with Gasteiger partial charge in [-0.3, -0.25) is 10.1 Å². The van der Waals surface area contributed by atoms with Crippen LogP contribution in [0.2, 0.25) is 0 Å². The first-order valence-corrected chi connectivity index (χ1v) is 6.05. The summed E-state index contributed by atoms with van der Waals surface area (Å²) in [4.78, 5) is 13.6. The molecule has 1 aliphatic carbocycles. The number of rotatable bonds is 4. The predicted octanol–water partition coefficient (Wildman–Crippen LogP) is 1.31. The van der Waals surface area contributed by atoms with Crippen molar-refractivity contribution in [2.75, 3.05) is 14.1 Å². The fourth-order valence-electron chi connectivity index (χ4n) is 2.63. The molecule has 1 saturated carbocycles. The smallest absolute Gasteiger partial charge is 0.323 e. The van der Waals surface area contributed by atoms with Gasteiger partial charge in [0.2, 0.25) is 0 Å². The number of carbonyl (C=O) groups is 1. The Morgan fingerprint density at radius 3 is 2.56 bits per heavy atom. The summed E-state index contributed by atoms with van der Waals surface area (Å²) in [5.41, 5.74) is -0.721. The van der Waals surface area contributed by atoms with Crippen molar-refractivity contribution in [3.63, 3.8) is 0 Å². The molecule has 0 amide bonds. The van der Waals surface area contributed by atoms with Crippen LogP contribution in [-0.4, -0.2) is 47.7 Å². The molecule has 2 N–H and O–H groups in total. The predicted molar refractivity (Wildman–Crippen MR) is 64.6 cm³/mol. The topological polar surface area (TPSA) is 52.6 Å². The molecule has 0 aromatic rings. The van der Waals surface area contributed by atoms with Crippen LogP contribution in [0.5, 0.6) is 0 Å². The Morgan fingerprint density at radius 2 is 2.12 bits per heavy atom. The van der Waals surface area contributed by atoms with Crippen molar-refractivity contribution in [2.45, 2.75) is 57.2 Å². The summed E-state index contributed by atoms with van der Waals surface area (Å²) in [5.74, 6) is -0.701. The van der Waals surface area contributed by atoms with E-state index in [2.05, 4.69) is 10.2 Å². The molecule has 1 rings (SSSR count). The molecule has 2 atom stereocenters. The number of aliphatic carboxylic acids is 1. The van der Waals surface area contributed by atoms with Crippen molar-refractivity contribution in [1.29, 1.82) is 0 Å². The number of carboxylic acid groups (broad SMARTS) is 1. The van der Waals surface area contributed by atoms with Gasteiger partial charge in [-0.05, 0) is 53.6 Å². The minimum absolute atomic E-state index is 0.206. The summed E-state index contributed by atoms with van der Waals surface area (Å²) in [7, 11) is 4.05. The zero-order valence-electron chi connectivity index (χ0n) is 10.8. The third-order valence-electron chi connectivity index (χ3n) is 3.43. The summed E-state index contributed by atoms with van der Waals surface area (Å²) in [5, 5.41) is 12.7. The maximum atomic E-state index is 11.5. The van der Waals surface area contributed by atoms with E-state index in [9.17, 15) is 9.90 Å². The van der Waals surface area contributed by atoms with Gasteiger partial charge in [-0.25, -0.2) is 0 Å². The third kappa shape index (κ3) is 2.95. The van der Waals surface area contributed by atoms with Crippen molar-refractivity contribution < 1.29 is 9.90 Å². The minimum atomic E-state index is -0.721. The lowest BCUT2D eigenvalue weighted by Crippen LogP contribution is -2.59. The first-order valence-electron chi connectivity index (χ1n) is 6.05. The van der Waals surface area contributed by atoms with E-state index in [0.29, 0.717) is 12.5 Å². The number of carboxylic acids is 1. The van der Waals surface area contributed by atoms with E-state index >= 15 is 0 Å². The molecule has 1 fully saturated rings. The molecular formula is C12H24N2O2. The molecule has 0 heterocycles. The maximum Gasteiger partial charge on any atom is 0.323 e. The van der Waals surface area contributed by atoms with Crippen LogP contribution in [0.3, 0.4) is 0 Å². The van der Waals surface area contributed by atoms with Gasteiger partial charge in [-0.1, -0.05) is 0 Å². The molecule has 4 nitrogen and oxygen atoms in total. The maximum absolute atomic E-state index is 11.5. The van der Waals surface area contributed by atoms with Crippen molar-refractivity contribution in [1.82, 2.24) is 10.2 Å². The molecule has 0 aromatic heterocycles. The van der Waals surface area contributed by atoms with Crippen LogP contribution in [0.25, 0.3) is 0 Å². The third-order valence-corrected chi connectivity index (χ3v) is 3.43. The van der Waals surface area contributed by atoms with Gasteiger partial charge in [0.1, 0.15) is 5.54 Å². The molecule has 0 saturated heterocycles.